The molecule has 7 heteroatoms. The van der Waals surface area contributed by atoms with Gasteiger partial charge in [-0.2, -0.15) is 0 Å². The number of hydrogen-bond acceptors (Lipinski definition) is 4. The monoisotopic (exact) mass is 312 g/mol. The van der Waals surface area contributed by atoms with E-state index in [1.54, 1.807) is 6.07 Å². The number of carbonyl (C=O) groups is 3. The highest BCUT2D eigenvalue weighted by Gasteiger charge is 2.16. The van der Waals surface area contributed by atoms with Crippen molar-refractivity contribution in [3.8, 4) is 0 Å². The van der Waals surface area contributed by atoms with Crippen LogP contribution in [0.2, 0.25) is 0 Å². The van der Waals surface area contributed by atoms with Crippen molar-refractivity contribution in [2.45, 2.75) is 39.5 Å². The van der Waals surface area contributed by atoms with Gasteiger partial charge in [-0.15, -0.1) is 11.3 Å². The molecule has 0 bridgehead atoms. The molecule has 0 aromatic carbocycles. The smallest absolute Gasteiger partial charge is 0.305 e. The minimum absolute atomic E-state index is 0.0618. The van der Waals surface area contributed by atoms with Crippen LogP contribution in [0.25, 0.3) is 0 Å². The average Bonchev–Trinajstić information content (AvgIpc) is 2.76. The van der Waals surface area contributed by atoms with Gasteiger partial charge in [-0.3, -0.25) is 14.4 Å². The van der Waals surface area contributed by atoms with Crippen LogP contribution in [0.5, 0.6) is 0 Å². The third kappa shape index (κ3) is 5.95. The molecule has 0 spiro atoms. The summed E-state index contributed by atoms with van der Waals surface area (Å²) in [7, 11) is 0. The van der Waals surface area contributed by atoms with Crippen molar-refractivity contribution >= 4 is 34.1 Å². The molecule has 21 heavy (non-hydrogen) atoms. The van der Waals surface area contributed by atoms with Crippen molar-refractivity contribution in [1.82, 2.24) is 5.32 Å². The van der Waals surface area contributed by atoms with Crippen molar-refractivity contribution < 1.29 is 19.5 Å². The number of aliphatic carboxylic acids is 1. The Kier molecular flexibility index (Phi) is 6.87. The van der Waals surface area contributed by atoms with E-state index in [4.69, 9.17) is 5.11 Å². The molecule has 0 aliphatic carbocycles. The highest BCUT2D eigenvalue weighted by Crippen LogP contribution is 2.27. The maximum atomic E-state index is 12.0. The predicted molar refractivity (Wildman–Crippen MR) is 81.8 cm³/mol. The highest BCUT2D eigenvalue weighted by atomic mass is 32.1. The van der Waals surface area contributed by atoms with E-state index in [9.17, 15) is 14.4 Å². The van der Waals surface area contributed by atoms with Crippen molar-refractivity contribution in [2.75, 3.05) is 11.9 Å². The molecule has 0 fully saturated rings. The molecule has 0 aliphatic rings. The van der Waals surface area contributed by atoms with Gasteiger partial charge in [0.15, 0.2) is 0 Å². The van der Waals surface area contributed by atoms with Crippen molar-refractivity contribution in [2.24, 2.45) is 0 Å². The molecule has 3 N–H and O–H groups in total. The fourth-order valence-electron chi connectivity index (χ4n) is 1.68. The zero-order valence-electron chi connectivity index (χ0n) is 12.2. The van der Waals surface area contributed by atoms with Crippen LogP contribution < -0.4 is 10.6 Å². The Morgan fingerprint density at radius 2 is 2.00 bits per heavy atom. The lowest BCUT2D eigenvalue weighted by Gasteiger charge is -2.06. The lowest BCUT2D eigenvalue weighted by Crippen LogP contribution is -2.26. The van der Waals surface area contributed by atoms with Gasteiger partial charge in [0.05, 0.1) is 12.0 Å². The first-order chi connectivity index (χ1) is 9.93. The van der Waals surface area contributed by atoms with Crippen LogP contribution in [0.3, 0.4) is 0 Å². The zero-order valence-corrected chi connectivity index (χ0v) is 13.0. The van der Waals surface area contributed by atoms with Crippen LogP contribution in [0, 0.1) is 6.92 Å². The van der Waals surface area contributed by atoms with Crippen LogP contribution >= 0.6 is 11.3 Å². The third-order valence-electron chi connectivity index (χ3n) is 2.73. The summed E-state index contributed by atoms with van der Waals surface area (Å²) in [6, 6.07) is 1.69. The number of unbranched alkanes of at least 4 members (excludes halogenated alkanes) is 1. The Balaban J connectivity index is 2.67. The Morgan fingerprint density at radius 1 is 1.29 bits per heavy atom. The molecule has 0 atom stereocenters. The zero-order chi connectivity index (χ0) is 15.8. The molecule has 116 valence electrons. The quantitative estimate of drug-likeness (QED) is 0.687. The van der Waals surface area contributed by atoms with E-state index in [0.717, 1.165) is 17.7 Å². The summed E-state index contributed by atoms with van der Waals surface area (Å²) in [5, 5.41) is 14.4. The number of rotatable bonds is 8. The largest absolute Gasteiger partial charge is 0.481 e. The Hall–Kier alpha value is -1.89. The third-order valence-corrected chi connectivity index (χ3v) is 3.70. The maximum absolute atomic E-state index is 12.0. The molecular weight excluding hydrogens is 292 g/mol. The van der Waals surface area contributed by atoms with Gasteiger partial charge in [0, 0.05) is 17.8 Å². The summed E-state index contributed by atoms with van der Waals surface area (Å²) in [6.45, 7) is 3.91. The summed E-state index contributed by atoms with van der Waals surface area (Å²) in [5.41, 5.74) is 0.382. The van der Waals surface area contributed by atoms with Crippen molar-refractivity contribution in [3.05, 3.63) is 16.5 Å². The van der Waals surface area contributed by atoms with Crippen LogP contribution in [-0.2, 0) is 9.59 Å². The number of hydrogen-bond donors (Lipinski definition) is 3. The van der Waals surface area contributed by atoms with E-state index in [0.29, 0.717) is 17.0 Å². The number of thiophene rings is 1. The SMILES string of the molecule is CCCCC(=O)Nc1sc(C)cc1C(=O)NCCC(=O)O. The van der Waals surface area contributed by atoms with Gasteiger partial charge in [0.2, 0.25) is 5.91 Å². The summed E-state index contributed by atoms with van der Waals surface area (Å²) in [6.07, 6.45) is 2.02. The standard InChI is InChI=1S/C14H20N2O4S/c1-3-4-5-11(17)16-14-10(8-9(2)21-14)13(20)15-7-6-12(18)19/h8H,3-7H2,1-2H3,(H,15,20)(H,16,17)(H,18,19). The molecule has 0 saturated heterocycles. The molecule has 1 rings (SSSR count). The minimum Gasteiger partial charge on any atom is -0.481 e. The van der Waals surface area contributed by atoms with E-state index in [1.807, 2.05) is 13.8 Å². The molecular formula is C14H20N2O4S. The molecule has 0 radical (unpaired) electrons. The Labute approximate surface area is 127 Å². The van der Waals surface area contributed by atoms with Gasteiger partial charge >= 0.3 is 5.97 Å². The molecule has 1 heterocycles. The molecule has 2 amide bonds. The summed E-state index contributed by atoms with van der Waals surface area (Å²) >= 11 is 1.34. The lowest BCUT2D eigenvalue weighted by molar-refractivity contribution is -0.136. The van der Waals surface area contributed by atoms with Crippen LogP contribution in [0.15, 0.2) is 6.07 Å². The van der Waals surface area contributed by atoms with Gasteiger partial charge in [0.1, 0.15) is 5.00 Å². The first-order valence-corrected chi connectivity index (χ1v) is 7.66. The summed E-state index contributed by atoms with van der Waals surface area (Å²) in [5.74, 6) is -1.45. The highest BCUT2D eigenvalue weighted by molar-refractivity contribution is 7.16. The topological polar surface area (TPSA) is 95.5 Å². The first-order valence-electron chi connectivity index (χ1n) is 6.84. The predicted octanol–water partition coefficient (Wildman–Crippen LogP) is 2.39. The van der Waals surface area contributed by atoms with Crippen molar-refractivity contribution in [1.29, 1.82) is 0 Å². The Bertz CT molecular complexity index is 525. The van der Waals surface area contributed by atoms with Gasteiger partial charge in [-0.05, 0) is 19.4 Å². The van der Waals surface area contributed by atoms with Gasteiger partial charge < -0.3 is 15.7 Å². The number of carboxylic acid groups (broad SMARTS) is 1. The molecule has 0 aliphatic heterocycles. The second-order valence-electron chi connectivity index (χ2n) is 4.65. The summed E-state index contributed by atoms with van der Waals surface area (Å²) < 4.78 is 0. The van der Waals surface area contributed by atoms with Crippen molar-refractivity contribution in [3.63, 3.8) is 0 Å². The molecule has 0 unspecified atom stereocenters. The van der Waals surface area contributed by atoms with E-state index < -0.39 is 5.97 Å². The molecule has 0 saturated carbocycles. The Morgan fingerprint density at radius 3 is 2.62 bits per heavy atom. The number of aryl methyl sites for hydroxylation is 1. The van der Waals surface area contributed by atoms with E-state index >= 15 is 0 Å². The number of carboxylic acids is 1. The summed E-state index contributed by atoms with van der Waals surface area (Å²) in [4.78, 5) is 35.1. The number of nitrogens with one attached hydrogen (secondary N) is 2. The number of carbonyl (C=O) groups excluding carboxylic acids is 2. The normalized spacial score (nSPS) is 10.2. The maximum Gasteiger partial charge on any atom is 0.305 e. The van der Waals surface area contributed by atoms with E-state index in [1.165, 1.54) is 11.3 Å². The fraction of sp³-hybridized carbons (Fsp3) is 0.500. The van der Waals surface area contributed by atoms with Gasteiger partial charge in [0.25, 0.3) is 5.91 Å². The lowest BCUT2D eigenvalue weighted by atomic mass is 10.2. The average molecular weight is 312 g/mol. The molecule has 1 aromatic heterocycles. The first kappa shape index (κ1) is 17.2. The molecule has 6 nitrogen and oxygen atoms in total. The number of anilines is 1. The number of amides is 2. The van der Waals surface area contributed by atoms with E-state index in [-0.39, 0.29) is 24.8 Å². The van der Waals surface area contributed by atoms with Gasteiger partial charge in [-0.25, -0.2) is 0 Å². The van der Waals surface area contributed by atoms with Crippen LogP contribution in [0.1, 0.15) is 47.8 Å². The van der Waals surface area contributed by atoms with Gasteiger partial charge in [-0.1, -0.05) is 13.3 Å². The van der Waals surface area contributed by atoms with E-state index in [2.05, 4.69) is 10.6 Å². The fourth-order valence-corrected chi connectivity index (χ4v) is 2.61. The second-order valence-corrected chi connectivity index (χ2v) is 5.91. The second kappa shape index (κ2) is 8.41. The molecule has 1 aromatic rings. The van der Waals surface area contributed by atoms with Crippen LogP contribution in [0.4, 0.5) is 5.00 Å². The van der Waals surface area contributed by atoms with Crippen LogP contribution in [-0.4, -0.2) is 29.4 Å². The minimum atomic E-state index is -0.968.